The van der Waals surface area contributed by atoms with E-state index in [9.17, 15) is 4.79 Å². The first-order valence-corrected chi connectivity index (χ1v) is 9.56. The summed E-state index contributed by atoms with van der Waals surface area (Å²) >= 11 is 0. The molecule has 0 unspecified atom stereocenters. The fourth-order valence-corrected chi connectivity index (χ4v) is 3.29. The van der Waals surface area contributed by atoms with Gasteiger partial charge in [-0.05, 0) is 42.2 Å². The van der Waals surface area contributed by atoms with Crippen LogP contribution in [0.4, 0.5) is 5.69 Å². The van der Waals surface area contributed by atoms with Gasteiger partial charge in [-0.3, -0.25) is 4.79 Å². The van der Waals surface area contributed by atoms with Crippen molar-refractivity contribution in [3.8, 4) is 5.75 Å². The van der Waals surface area contributed by atoms with Crippen LogP contribution in [-0.4, -0.2) is 45.9 Å². The molecule has 0 radical (unpaired) electrons. The van der Waals surface area contributed by atoms with Crippen LogP contribution in [0.15, 0.2) is 48.5 Å². The number of methoxy groups -OCH3 is 1. The summed E-state index contributed by atoms with van der Waals surface area (Å²) in [5.74, 6) is 0.953. The van der Waals surface area contributed by atoms with Gasteiger partial charge in [-0.15, -0.1) is 0 Å². The lowest BCUT2D eigenvalue weighted by Gasteiger charge is -2.28. The summed E-state index contributed by atoms with van der Waals surface area (Å²) in [6.45, 7) is 4.07. The van der Waals surface area contributed by atoms with Gasteiger partial charge in [0.1, 0.15) is 5.75 Å². The van der Waals surface area contributed by atoms with E-state index in [1.165, 1.54) is 11.3 Å². The molecule has 0 bridgehead atoms. The third kappa shape index (κ3) is 5.73. The summed E-state index contributed by atoms with van der Waals surface area (Å²) in [5, 5.41) is 3.00. The molecule has 0 aliphatic carbocycles. The Morgan fingerprint density at radius 3 is 2.56 bits per heavy atom. The van der Waals surface area contributed by atoms with Crippen LogP contribution < -0.4 is 15.0 Å². The lowest BCUT2D eigenvalue weighted by atomic mass is 10.1. The number of rotatable bonds is 8. The zero-order valence-corrected chi connectivity index (χ0v) is 15.9. The Balaban J connectivity index is 1.39. The molecule has 1 N–H and O–H groups in total. The highest BCUT2D eigenvalue weighted by molar-refractivity contribution is 5.76. The van der Waals surface area contributed by atoms with E-state index in [0.29, 0.717) is 13.0 Å². The molecule has 0 saturated carbocycles. The van der Waals surface area contributed by atoms with Gasteiger partial charge in [0.25, 0.3) is 0 Å². The minimum Gasteiger partial charge on any atom is -0.496 e. The Hall–Kier alpha value is -2.53. The minimum absolute atomic E-state index is 0.0853. The first-order valence-electron chi connectivity index (χ1n) is 9.56. The number of carbonyl (C=O) groups is 1. The van der Waals surface area contributed by atoms with Gasteiger partial charge in [-0.25, -0.2) is 0 Å². The molecule has 0 aromatic heterocycles. The fraction of sp³-hybridized carbons (Fsp3) is 0.409. The number of aryl methyl sites for hydroxylation is 1. The number of nitrogens with one attached hydrogen (secondary N) is 1. The van der Waals surface area contributed by atoms with Crippen LogP contribution in [0.3, 0.4) is 0 Å². The maximum Gasteiger partial charge on any atom is 0.220 e. The molecule has 27 heavy (non-hydrogen) atoms. The Bertz CT molecular complexity index is 725. The maximum absolute atomic E-state index is 12.1. The number of benzene rings is 2. The molecule has 2 aromatic carbocycles. The number of para-hydroxylation sites is 1. The Kier molecular flexibility index (Phi) is 7.11. The predicted octanol–water partition coefficient (Wildman–Crippen LogP) is 2.82. The van der Waals surface area contributed by atoms with Gasteiger partial charge in [-0.2, -0.15) is 0 Å². The van der Waals surface area contributed by atoms with Crippen LogP contribution in [0.1, 0.15) is 17.5 Å². The molecule has 0 atom stereocenters. The molecule has 1 heterocycles. The number of ether oxygens (including phenoxy) is 2. The molecule has 1 amide bonds. The average Bonchev–Trinajstić information content (AvgIpc) is 2.73. The van der Waals surface area contributed by atoms with Crippen molar-refractivity contribution in [2.45, 2.75) is 19.3 Å². The van der Waals surface area contributed by atoms with Crippen molar-refractivity contribution in [1.82, 2.24) is 5.32 Å². The van der Waals surface area contributed by atoms with Crippen LogP contribution in [0.5, 0.6) is 5.75 Å². The van der Waals surface area contributed by atoms with E-state index in [4.69, 9.17) is 9.47 Å². The van der Waals surface area contributed by atoms with Gasteiger partial charge < -0.3 is 19.7 Å². The second-order valence-electron chi connectivity index (χ2n) is 6.68. The maximum atomic E-state index is 12.1. The summed E-state index contributed by atoms with van der Waals surface area (Å²) in [7, 11) is 1.67. The topological polar surface area (TPSA) is 50.8 Å². The van der Waals surface area contributed by atoms with Gasteiger partial charge >= 0.3 is 0 Å². The Morgan fingerprint density at radius 1 is 1.07 bits per heavy atom. The molecule has 2 aromatic rings. The molecule has 5 heteroatoms. The second-order valence-corrected chi connectivity index (χ2v) is 6.68. The fourth-order valence-electron chi connectivity index (χ4n) is 3.29. The number of hydrogen-bond donors (Lipinski definition) is 1. The molecular formula is C22H28N2O3. The zero-order chi connectivity index (χ0) is 18.9. The van der Waals surface area contributed by atoms with Gasteiger partial charge in [0, 0.05) is 31.7 Å². The number of morpholine rings is 1. The molecule has 1 saturated heterocycles. The summed E-state index contributed by atoms with van der Waals surface area (Å²) in [5.41, 5.74) is 3.52. The van der Waals surface area contributed by atoms with Crippen LogP contribution in [0.25, 0.3) is 0 Å². The van der Waals surface area contributed by atoms with Gasteiger partial charge in [-0.1, -0.05) is 30.3 Å². The first-order chi connectivity index (χ1) is 13.3. The van der Waals surface area contributed by atoms with Crippen molar-refractivity contribution in [2.75, 3.05) is 44.9 Å². The van der Waals surface area contributed by atoms with Gasteiger partial charge in [0.2, 0.25) is 5.91 Å². The van der Waals surface area contributed by atoms with Crippen molar-refractivity contribution < 1.29 is 14.3 Å². The molecule has 1 aliphatic rings. The third-order valence-electron chi connectivity index (χ3n) is 4.86. The van der Waals surface area contributed by atoms with Crippen LogP contribution >= 0.6 is 0 Å². The largest absolute Gasteiger partial charge is 0.496 e. The summed E-state index contributed by atoms with van der Waals surface area (Å²) in [4.78, 5) is 14.4. The number of amides is 1. The van der Waals surface area contributed by atoms with Gasteiger partial charge in [0.05, 0.1) is 20.3 Å². The zero-order valence-electron chi connectivity index (χ0n) is 15.9. The van der Waals surface area contributed by atoms with E-state index < -0.39 is 0 Å². The van der Waals surface area contributed by atoms with Crippen molar-refractivity contribution in [2.24, 2.45) is 0 Å². The molecular weight excluding hydrogens is 340 g/mol. The second kappa shape index (κ2) is 9.97. The van der Waals surface area contributed by atoms with Crippen molar-refractivity contribution in [1.29, 1.82) is 0 Å². The molecule has 1 fully saturated rings. The lowest BCUT2D eigenvalue weighted by molar-refractivity contribution is -0.121. The standard InChI is InChI=1S/C22H28N2O3/c1-26-21-5-3-2-4-19(21)12-13-23-22(25)11-8-18-6-9-20(10-7-18)24-14-16-27-17-15-24/h2-7,9-10H,8,11-17H2,1H3,(H,23,25). The van der Waals surface area contributed by atoms with Crippen molar-refractivity contribution >= 4 is 11.6 Å². The highest BCUT2D eigenvalue weighted by atomic mass is 16.5. The summed E-state index contributed by atoms with van der Waals surface area (Å²) in [6.07, 6.45) is 2.02. The van der Waals surface area contributed by atoms with E-state index >= 15 is 0 Å². The highest BCUT2D eigenvalue weighted by Gasteiger charge is 2.11. The summed E-state index contributed by atoms with van der Waals surface area (Å²) in [6, 6.07) is 16.4. The van der Waals surface area contributed by atoms with Crippen LogP contribution in [-0.2, 0) is 22.4 Å². The van der Waals surface area contributed by atoms with E-state index in [1.54, 1.807) is 7.11 Å². The van der Waals surface area contributed by atoms with E-state index in [0.717, 1.165) is 50.5 Å². The highest BCUT2D eigenvalue weighted by Crippen LogP contribution is 2.18. The first kappa shape index (κ1) is 19.2. The van der Waals surface area contributed by atoms with E-state index in [-0.39, 0.29) is 5.91 Å². The van der Waals surface area contributed by atoms with Crippen LogP contribution in [0.2, 0.25) is 0 Å². The molecule has 144 valence electrons. The number of nitrogens with zero attached hydrogens (tertiary/aromatic N) is 1. The predicted molar refractivity (Wildman–Crippen MR) is 108 cm³/mol. The van der Waals surface area contributed by atoms with E-state index in [2.05, 4.69) is 34.5 Å². The third-order valence-corrected chi connectivity index (χ3v) is 4.86. The van der Waals surface area contributed by atoms with E-state index in [1.807, 2.05) is 24.3 Å². The molecule has 0 spiro atoms. The molecule has 1 aliphatic heterocycles. The number of anilines is 1. The number of carbonyl (C=O) groups excluding carboxylic acids is 1. The SMILES string of the molecule is COc1ccccc1CCNC(=O)CCc1ccc(N2CCOCC2)cc1. The Morgan fingerprint density at radius 2 is 1.81 bits per heavy atom. The quantitative estimate of drug-likeness (QED) is 0.778. The number of hydrogen-bond acceptors (Lipinski definition) is 4. The van der Waals surface area contributed by atoms with Crippen LogP contribution in [0, 0.1) is 0 Å². The van der Waals surface area contributed by atoms with Crippen molar-refractivity contribution in [3.63, 3.8) is 0 Å². The van der Waals surface area contributed by atoms with Gasteiger partial charge in [0.15, 0.2) is 0 Å². The average molecular weight is 368 g/mol. The minimum atomic E-state index is 0.0853. The van der Waals surface area contributed by atoms with Crippen molar-refractivity contribution in [3.05, 3.63) is 59.7 Å². The normalized spacial score (nSPS) is 14.0. The summed E-state index contributed by atoms with van der Waals surface area (Å²) < 4.78 is 10.7. The molecule has 5 nitrogen and oxygen atoms in total. The lowest BCUT2D eigenvalue weighted by Crippen LogP contribution is -2.36. The monoisotopic (exact) mass is 368 g/mol. The smallest absolute Gasteiger partial charge is 0.220 e. The molecule has 3 rings (SSSR count). The Labute approximate surface area is 161 Å².